The highest BCUT2D eigenvalue weighted by Crippen LogP contribution is 2.47. The Bertz CT molecular complexity index is 1590. The van der Waals surface area contributed by atoms with E-state index in [0.29, 0.717) is 40.8 Å². The number of nitrogens with zero attached hydrogens (tertiary/aromatic N) is 5. The summed E-state index contributed by atoms with van der Waals surface area (Å²) in [6, 6.07) is 20.0. The maximum Gasteiger partial charge on any atom is 0.255 e. The highest BCUT2D eigenvalue weighted by atomic mass is 16.5. The average molecular weight is 518 g/mol. The van der Waals surface area contributed by atoms with Crippen LogP contribution in [-0.4, -0.2) is 46.3 Å². The third-order valence-corrected chi connectivity index (χ3v) is 6.67. The lowest BCUT2D eigenvalue weighted by Crippen LogP contribution is -2.37. The minimum atomic E-state index is -0.458. The molecule has 1 aromatic heterocycles. The topological polar surface area (TPSA) is 132 Å². The number of hydrogen-bond acceptors (Lipinski definition) is 8. The van der Waals surface area contributed by atoms with Crippen LogP contribution >= 0.6 is 0 Å². The van der Waals surface area contributed by atoms with Crippen molar-refractivity contribution in [2.45, 2.75) is 24.4 Å². The number of nitrogens with one attached hydrogen (secondary N) is 2. The summed E-state index contributed by atoms with van der Waals surface area (Å²) in [5.74, 6) is 0.925. The summed E-state index contributed by atoms with van der Waals surface area (Å²) in [7, 11) is 0. The van der Waals surface area contributed by atoms with E-state index >= 15 is 0 Å². The first-order valence-corrected chi connectivity index (χ1v) is 12.5. The van der Waals surface area contributed by atoms with E-state index in [0.717, 1.165) is 18.4 Å². The number of rotatable bonds is 6. The molecule has 0 bridgehead atoms. The van der Waals surface area contributed by atoms with E-state index < -0.39 is 11.6 Å². The fourth-order valence-corrected chi connectivity index (χ4v) is 4.42. The van der Waals surface area contributed by atoms with Gasteiger partial charge in [0.1, 0.15) is 17.8 Å². The van der Waals surface area contributed by atoms with Crippen LogP contribution < -0.4 is 15.4 Å². The van der Waals surface area contributed by atoms with Crippen LogP contribution in [0.5, 0.6) is 5.75 Å². The van der Waals surface area contributed by atoms with E-state index in [1.54, 1.807) is 78.0 Å². The zero-order chi connectivity index (χ0) is 26.8. The van der Waals surface area contributed by atoms with Crippen molar-refractivity contribution in [3.8, 4) is 11.8 Å². The Labute approximate surface area is 224 Å². The second-order valence-electron chi connectivity index (χ2n) is 9.43. The number of hydrogen-bond donors (Lipinski definition) is 2. The second kappa shape index (κ2) is 9.87. The first kappa shape index (κ1) is 24.1. The Hall–Kier alpha value is -5.30. The van der Waals surface area contributed by atoms with Crippen molar-refractivity contribution < 1.29 is 14.3 Å². The van der Waals surface area contributed by atoms with Gasteiger partial charge in [0.15, 0.2) is 0 Å². The van der Waals surface area contributed by atoms with Crippen molar-refractivity contribution in [2.75, 3.05) is 11.9 Å². The molecule has 6 rings (SSSR count). The molecule has 1 saturated carbocycles. The number of benzene rings is 2. The molecule has 3 aliphatic rings. The molecule has 3 heterocycles. The van der Waals surface area contributed by atoms with Crippen LogP contribution in [-0.2, 0) is 5.41 Å². The summed E-state index contributed by atoms with van der Waals surface area (Å²) in [6.07, 6.45) is 7.75. The number of nitriles is 1. The van der Waals surface area contributed by atoms with Crippen LogP contribution in [0.2, 0.25) is 0 Å². The van der Waals surface area contributed by atoms with Crippen LogP contribution in [0.25, 0.3) is 0 Å². The summed E-state index contributed by atoms with van der Waals surface area (Å²) in [4.78, 5) is 33.8. The Kier molecular flexibility index (Phi) is 6.09. The van der Waals surface area contributed by atoms with Crippen molar-refractivity contribution in [3.05, 3.63) is 102 Å². The minimum absolute atomic E-state index is 0.260. The van der Waals surface area contributed by atoms with Crippen molar-refractivity contribution in [3.63, 3.8) is 0 Å². The van der Waals surface area contributed by atoms with E-state index in [1.807, 2.05) is 6.07 Å². The van der Waals surface area contributed by atoms with Gasteiger partial charge in [-0.3, -0.25) is 14.6 Å². The van der Waals surface area contributed by atoms with E-state index in [9.17, 15) is 14.9 Å². The highest BCUT2D eigenvalue weighted by molar-refractivity contribution is 6.06. The van der Waals surface area contributed by atoms with Gasteiger partial charge in [0.2, 0.25) is 5.90 Å². The maximum atomic E-state index is 12.9. The Morgan fingerprint density at radius 3 is 2.67 bits per heavy atom. The standard InChI is InChI=1S/C29H23N7O3/c30-18-29(11-12-29)21-6-1-4-19(14-21)27(37)32-22-7-2-8-23(15-22)39-26-10-9-25-33-24(17-36(25)35-26)34-28(38)20-5-3-13-31-16-20/h1-10,13-16,24H,11-12,17H2,(H,32,37)(H,34,38). The summed E-state index contributed by atoms with van der Waals surface area (Å²) in [5.41, 5.74) is 1.93. The van der Waals surface area contributed by atoms with Gasteiger partial charge in [0.25, 0.3) is 11.8 Å². The third-order valence-electron chi connectivity index (χ3n) is 6.67. The minimum Gasteiger partial charge on any atom is -0.438 e. The Morgan fingerprint density at radius 1 is 1.03 bits per heavy atom. The van der Waals surface area contributed by atoms with Crippen molar-refractivity contribution in [1.29, 1.82) is 5.26 Å². The van der Waals surface area contributed by atoms with Gasteiger partial charge in [-0.1, -0.05) is 18.2 Å². The number of fused-ring (bicyclic) bond motifs is 1. The molecular weight excluding hydrogens is 494 g/mol. The predicted molar refractivity (Wildman–Crippen MR) is 144 cm³/mol. The fraction of sp³-hybridized carbons (Fsp3) is 0.172. The lowest BCUT2D eigenvalue weighted by molar-refractivity contribution is 0.0936. The zero-order valence-electron chi connectivity index (χ0n) is 20.7. The van der Waals surface area contributed by atoms with E-state index in [2.05, 4.69) is 31.8 Å². The van der Waals surface area contributed by atoms with Crippen LogP contribution in [0.3, 0.4) is 0 Å². The van der Waals surface area contributed by atoms with Gasteiger partial charge in [-0.05, 0) is 60.9 Å². The molecule has 1 atom stereocenters. The average Bonchev–Trinajstić information content (AvgIpc) is 3.67. The molecule has 39 heavy (non-hydrogen) atoms. The summed E-state index contributed by atoms with van der Waals surface area (Å²) in [6.45, 7) is 0.362. The van der Waals surface area contributed by atoms with Gasteiger partial charge >= 0.3 is 0 Å². The number of anilines is 1. The SMILES string of the molecule is N#CC1(c2cccc(C(=O)Nc3cccc(OC4=NN5CC(NC(=O)c6cccnc6)N=C5C=C4)c3)c2)CC1. The normalized spacial score (nSPS) is 18.2. The number of amidine groups is 1. The number of hydrazone groups is 1. The predicted octanol–water partition coefficient (Wildman–Crippen LogP) is 3.62. The van der Waals surface area contributed by atoms with Crippen LogP contribution in [0.1, 0.15) is 39.1 Å². The van der Waals surface area contributed by atoms with Gasteiger partial charge in [-0.2, -0.15) is 5.26 Å². The smallest absolute Gasteiger partial charge is 0.255 e. The molecule has 2 amide bonds. The van der Waals surface area contributed by atoms with E-state index in [-0.39, 0.29) is 11.8 Å². The molecule has 0 radical (unpaired) electrons. The Balaban J connectivity index is 1.08. The summed E-state index contributed by atoms with van der Waals surface area (Å²) in [5, 5.41) is 21.4. The van der Waals surface area contributed by atoms with Gasteiger partial charge in [-0.15, -0.1) is 5.10 Å². The number of amides is 2. The first-order valence-electron chi connectivity index (χ1n) is 12.5. The van der Waals surface area contributed by atoms with E-state index in [4.69, 9.17) is 4.74 Å². The molecule has 0 saturated heterocycles. The quantitative estimate of drug-likeness (QED) is 0.513. The largest absolute Gasteiger partial charge is 0.438 e. The van der Waals surface area contributed by atoms with Gasteiger partial charge in [0, 0.05) is 35.8 Å². The molecule has 1 aliphatic carbocycles. The lowest BCUT2D eigenvalue weighted by Gasteiger charge is -2.18. The number of ether oxygens (including phenoxy) is 1. The zero-order valence-corrected chi connectivity index (χ0v) is 20.7. The fourth-order valence-electron chi connectivity index (χ4n) is 4.42. The number of aliphatic imine (C=N–C) groups is 1. The van der Waals surface area contributed by atoms with Gasteiger partial charge < -0.3 is 15.4 Å². The number of carbonyl (C=O) groups excluding carboxylic acids is 2. The molecule has 2 aromatic carbocycles. The Morgan fingerprint density at radius 2 is 1.87 bits per heavy atom. The molecule has 2 N–H and O–H groups in total. The highest BCUT2D eigenvalue weighted by Gasteiger charge is 2.45. The first-order chi connectivity index (χ1) is 19.0. The molecule has 10 heteroatoms. The van der Waals surface area contributed by atoms with Crippen molar-refractivity contribution >= 4 is 29.2 Å². The lowest BCUT2D eigenvalue weighted by atomic mass is 9.96. The molecule has 1 fully saturated rings. The number of aromatic nitrogens is 1. The molecule has 3 aromatic rings. The molecule has 10 nitrogen and oxygen atoms in total. The monoisotopic (exact) mass is 517 g/mol. The van der Waals surface area contributed by atoms with E-state index in [1.165, 1.54) is 6.20 Å². The third kappa shape index (κ3) is 5.10. The number of pyridine rings is 1. The van der Waals surface area contributed by atoms with Crippen LogP contribution in [0.4, 0.5) is 5.69 Å². The molecule has 192 valence electrons. The molecular formula is C29H23N7O3. The molecule has 1 unspecified atom stereocenters. The van der Waals surface area contributed by atoms with Gasteiger partial charge in [-0.25, -0.2) is 10.0 Å². The number of carbonyl (C=O) groups is 2. The van der Waals surface area contributed by atoms with Gasteiger partial charge in [0.05, 0.1) is 23.6 Å². The molecule has 2 aliphatic heterocycles. The summed E-state index contributed by atoms with van der Waals surface area (Å²) >= 11 is 0. The second-order valence-corrected chi connectivity index (χ2v) is 9.43. The van der Waals surface area contributed by atoms with Crippen molar-refractivity contribution in [1.82, 2.24) is 15.3 Å². The van der Waals surface area contributed by atoms with Crippen molar-refractivity contribution in [2.24, 2.45) is 10.1 Å². The maximum absolute atomic E-state index is 12.9. The summed E-state index contributed by atoms with van der Waals surface area (Å²) < 4.78 is 5.95. The van der Waals surface area contributed by atoms with Crippen LogP contribution in [0, 0.1) is 11.3 Å². The molecule has 0 spiro atoms. The van der Waals surface area contributed by atoms with Crippen LogP contribution in [0.15, 0.2) is 95.3 Å².